The summed E-state index contributed by atoms with van der Waals surface area (Å²) in [5.41, 5.74) is -0.982. The second-order valence-corrected chi connectivity index (χ2v) is 7.46. The van der Waals surface area contributed by atoms with Gasteiger partial charge in [0.25, 0.3) is 5.91 Å². The Balaban J connectivity index is 1.37. The van der Waals surface area contributed by atoms with E-state index in [0.29, 0.717) is 26.2 Å². The molecule has 0 radical (unpaired) electrons. The van der Waals surface area contributed by atoms with Crippen LogP contribution >= 0.6 is 0 Å². The van der Waals surface area contributed by atoms with Crippen molar-refractivity contribution in [3.63, 3.8) is 0 Å². The van der Waals surface area contributed by atoms with Gasteiger partial charge in [-0.1, -0.05) is 17.3 Å². The van der Waals surface area contributed by atoms with Crippen molar-refractivity contribution in [2.45, 2.75) is 19.6 Å². The summed E-state index contributed by atoms with van der Waals surface area (Å²) in [6, 6.07) is 4.65. The summed E-state index contributed by atoms with van der Waals surface area (Å²) in [5, 5.41) is 21.2. The molecular weight excluding hydrogens is 447 g/mol. The average molecular weight is 465 g/mol. The van der Waals surface area contributed by atoms with Gasteiger partial charge in [0, 0.05) is 31.7 Å². The third-order valence-electron chi connectivity index (χ3n) is 5.23. The maximum Gasteiger partial charge on any atom is 0.416 e. The molecule has 0 saturated carbocycles. The van der Waals surface area contributed by atoms with Crippen LogP contribution in [0.4, 0.5) is 18.9 Å². The van der Waals surface area contributed by atoms with E-state index >= 15 is 0 Å². The van der Waals surface area contributed by atoms with Crippen LogP contribution in [0.2, 0.25) is 0 Å². The molecule has 0 aliphatic carbocycles. The van der Waals surface area contributed by atoms with Crippen LogP contribution in [0.15, 0.2) is 28.8 Å². The van der Waals surface area contributed by atoms with Gasteiger partial charge in [-0.25, -0.2) is 0 Å². The highest BCUT2D eigenvalue weighted by atomic mass is 19.4. The number of aryl methyl sites for hydroxylation is 1. The molecule has 0 unspecified atom stereocenters. The van der Waals surface area contributed by atoms with Crippen molar-refractivity contribution in [1.82, 2.24) is 30.1 Å². The molecule has 1 aliphatic heterocycles. The SMILES string of the molecule is Cc1[nH]nc(C(=O)N2CCN(Cc3nc(-c4cccc(C(F)(F)F)c4)no3)CC2)c1[N+](=O)[O-]. The summed E-state index contributed by atoms with van der Waals surface area (Å²) in [7, 11) is 0. The van der Waals surface area contributed by atoms with Crippen molar-refractivity contribution in [3.8, 4) is 11.4 Å². The molecule has 1 amide bonds. The Labute approximate surface area is 184 Å². The second kappa shape index (κ2) is 8.61. The number of nitrogens with one attached hydrogen (secondary N) is 1. The van der Waals surface area contributed by atoms with Crippen LogP contribution in [0.1, 0.15) is 27.6 Å². The third kappa shape index (κ3) is 4.69. The average Bonchev–Trinajstić information content (AvgIpc) is 3.40. The number of alkyl halides is 3. The summed E-state index contributed by atoms with van der Waals surface area (Å²) in [6.45, 7) is 3.19. The lowest BCUT2D eigenvalue weighted by Crippen LogP contribution is -2.48. The van der Waals surface area contributed by atoms with Crippen molar-refractivity contribution < 1.29 is 27.4 Å². The molecule has 174 valence electrons. The number of H-pyrrole nitrogens is 1. The first-order chi connectivity index (χ1) is 15.6. The van der Waals surface area contributed by atoms with E-state index in [-0.39, 0.29) is 40.9 Å². The molecule has 11 nitrogen and oxygen atoms in total. The molecular formula is C19H18F3N7O4. The second-order valence-electron chi connectivity index (χ2n) is 7.46. The number of amides is 1. The molecule has 1 aromatic carbocycles. The van der Waals surface area contributed by atoms with Crippen molar-refractivity contribution >= 4 is 11.6 Å². The van der Waals surface area contributed by atoms with E-state index in [4.69, 9.17) is 4.52 Å². The molecule has 1 fully saturated rings. The zero-order valence-electron chi connectivity index (χ0n) is 17.3. The molecule has 1 aliphatic rings. The minimum atomic E-state index is -4.48. The number of benzene rings is 1. The first-order valence-corrected chi connectivity index (χ1v) is 9.84. The summed E-state index contributed by atoms with van der Waals surface area (Å²) < 4.78 is 43.9. The highest BCUT2D eigenvalue weighted by Gasteiger charge is 2.33. The highest BCUT2D eigenvalue weighted by molar-refractivity contribution is 5.96. The molecule has 1 N–H and O–H groups in total. The van der Waals surface area contributed by atoms with Crippen LogP contribution in [0.25, 0.3) is 11.4 Å². The predicted molar refractivity (Wildman–Crippen MR) is 106 cm³/mol. The fourth-order valence-corrected chi connectivity index (χ4v) is 3.52. The summed E-state index contributed by atoms with van der Waals surface area (Å²) in [6.07, 6.45) is -4.48. The van der Waals surface area contributed by atoms with E-state index in [2.05, 4.69) is 20.3 Å². The number of rotatable bonds is 5. The summed E-state index contributed by atoms with van der Waals surface area (Å²) in [4.78, 5) is 30.8. The summed E-state index contributed by atoms with van der Waals surface area (Å²) >= 11 is 0. The fourth-order valence-electron chi connectivity index (χ4n) is 3.52. The number of aromatic amines is 1. The van der Waals surface area contributed by atoms with Gasteiger partial charge in [-0.05, 0) is 19.1 Å². The van der Waals surface area contributed by atoms with Gasteiger partial charge in [0.15, 0.2) is 0 Å². The predicted octanol–water partition coefficient (Wildman–Crippen LogP) is 2.65. The van der Waals surface area contributed by atoms with Gasteiger partial charge in [0.2, 0.25) is 17.4 Å². The fraction of sp³-hybridized carbons (Fsp3) is 0.368. The molecule has 3 heterocycles. The number of halogens is 3. The maximum atomic E-state index is 12.9. The molecule has 0 spiro atoms. The molecule has 4 rings (SSSR count). The van der Waals surface area contributed by atoms with Crippen LogP contribution in [0.5, 0.6) is 0 Å². The lowest BCUT2D eigenvalue weighted by atomic mass is 10.1. The topological polar surface area (TPSA) is 134 Å². The van der Waals surface area contributed by atoms with Gasteiger partial charge >= 0.3 is 11.9 Å². The molecule has 1 saturated heterocycles. The Morgan fingerprint density at radius 2 is 2.00 bits per heavy atom. The monoisotopic (exact) mass is 465 g/mol. The van der Waals surface area contributed by atoms with Crippen LogP contribution in [0.3, 0.4) is 0 Å². The van der Waals surface area contributed by atoms with E-state index < -0.39 is 22.6 Å². The van der Waals surface area contributed by atoms with Gasteiger partial charge in [0.05, 0.1) is 17.0 Å². The van der Waals surface area contributed by atoms with Crippen molar-refractivity contribution in [2.24, 2.45) is 0 Å². The Hall–Kier alpha value is -3.81. The number of aromatic nitrogens is 4. The molecule has 2 aromatic heterocycles. The largest absolute Gasteiger partial charge is 0.416 e. The van der Waals surface area contributed by atoms with Crippen LogP contribution in [0, 0.1) is 17.0 Å². The lowest BCUT2D eigenvalue weighted by molar-refractivity contribution is -0.385. The van der Waals surface area contributed by atoms with E-state index in [1.54, 1.807) is 0 Å². The van der Waals surface area contributed by atoms with Crippen molar-refractivity contribution in [1.29, 1.82) is 0 Å². The Kier molecular flexibility index (Phi) is 5.84. The van der Waals surface area contributed by atoms with Gasteiger partial charge in [-0.15, -0.1) is 0 Å². The smallest absolute Gasteiger partial charge is 0.338 e. The number of nitro groups is 1. The van der Waals surface area contributed by atoms with Crippen LogP contribution < -0.4 is 0 Å². The Bertz CT molecular complexity index is 1180. The number of carbonyl (C=O) groups is 1. The number of carbonyl (C=O) groups excluding carboxylic acids is 1. The van der Waals surface area contributed by atoms with Gasteiger partial charge in [-0.2, -0.15) is 23.3 Å². The van der Waals surface area contributed by atoms with Crippen molar-refractivity contribution in [2.75, 3.05) is 26.2 Å². The molecule has 14 heteroatoms. The number of hydrogen-bond donors (Lipinski definition) is 1. The molecule has 0 atom stereocenters. The van der Waals surface area contributed by atoms with Crippen LogP contribution in [-0.4, -0.2) is 67.1 Å². The molecule has 33 heavy (non-hydrogen) atoms. The minimum Gasteiger partial charge on any atom is -0.338 e. The third-order valence-corrected chi connectivity index (χ3v) is 5.23. The zero-order chi connectivity index (χ0) is 23.8. The first kappa shape index (κ1) is 22.4. The minimum absolute atomic E-state index is 0.0473. The highest BCUT2D eigenvalue weighted by Crippen LogP contribution is 2.31. The van der Waals surface area contributed by atoms with E-state index in [0.717, 1.165) is 12.1 Å². The quantitative estimate of drug-likeness (QED) is 0.449. The zero-order valence-corrected chi connectivity index (χ0v) is 17.3. The van der Waals surface area contributed by atoms with Crippen molar-refractivity contribution in [3.05, 3.63) is 57.2 Å². The first-order valence-electron chi connectivity index (χ1n) is 9.84. The van der Waals surface area contributed by atoms with E-state index in [1.165, 1.54) is 24.0 Å². The standard InChI is InChI=1S/C19H18F3N7O4/c1-11-16(29(31)32)15(25-24-11)18(30)28-7-5-27(6-8-28)10-14-23-17(26-33-14)12-3-2-4-13(9-12)19(20,21)22/h2-4,9H,5-8,10H2,1H3,(H,24,25). The van der Waals surface area contributed by atoms with E-state index in [9.17, 15) is 28.1 Å². The van der Waals surface area contributed by atoms with Gasteiger partial charge < -0.3 is 9.42 Å². The molecule has 3 aromatic rings. The lowest BCUT2D eigenvalue weighted by Gasteiger charge is -2.33. The van der Waals surface area contributed by atoms with E-state index in [1.807, 2.05) is 4.90 Å². The number of nitrogens with zero attached hydrogens (tertiary/aromatic N) is 6. The Morgan fingerprint density at radius 1 is 1.27 bits per heavy atom. The number of hydrogen-bond acceptors (Lipinski definition) is 8. The van der Waals surface area contributed by atoms with Gasteiger partial charge in [-0.3, -0.25) is 24.9 Å². The van der Waals surface area contributed by atoms with Crippen LogP contribution in [-0.2, 0) is 12.7 Å². The van der Waals surface area contributed by atoms with Gasteiger partial charge in [0.1, 0.15) is 5.69 Å². The Morgan fingerprint density at radius 3 is 2.67 bits per heavy atom. The summed E-state index contributed by atoms with van der Waals surface area (Å²) in [5.74, 6) is -0.262. The maximum absolute atomic E-state index is 12.9. The number of piperazine rings is 1. The molecule has 0 bridgehead atoms. The normalized spacial score (nSPS) is 15.1.